The molecule has 0 radical (unpaired) electrons. The molecule has 0 bridgehead atoms. The Morgan fingerprint density at radius 1 is 1.68 bits per heavy atom. The summed E-state index contributed by atoms with van der Waals surface area (Å²) in [6.45, 7) is 2.28. The van der Waals surface area contributed by atoms with Crippen molar-refractivity contribution in [1.29, 1.82) is 5.26 Å². The molecule has 2 heterocycles. The molecule has 0 aliphatic carbocycles. The van der Waals surface area contributed by atoms with Crippen LogP contribution in [0.15, 0.2) is 11.4 Å². The van der Waals surface area contributed by atoms with Crippen molar-refractivity contribution < 1.29 is 4.79 Å². The Bertz CT molecular complexity index is 479. The van der Waals surface area contributed by atoms with Gasteiger partial charge in [-0.05, 0) is 37.9 Å². The van der Waals surface area contributed by atoms with E-state index in [2.05, 4.69) is 21.6 Å². The van der Waals surface area contributed by atoms with Crippen LogP contribution < -0.4 is 10.6 Å². The van der Waals surface area contributed by atoms with Crippen LogP contribution in [-0.4, -0.2) is 43.5 Å². The zero-order valence-electron chi connectivity index (χ0n) is 11.0. The molecule has 19 heavy (non-hydrogen) atoms. The predicted molar refractivity (Wildman–Crippen MR) is 76.2 cm³/mol. The third-order valence-corrected chi connectivity index (χ3v) is 4.15. The number of anilines is 1. The Kier molecular flexibility index (Phi) is 4.91. The lowest BCUT2D eigenvalue weighted by Crippen LogP contribution is -2.41. The molecule has 1 aromatic rings. The maximum absolute atomic E-state index is 12.0. The molecule has 1 aromatic heterocycles. The lowest BCUT2D eigenvalue weighted by Gasteiger charge is -2.23. The summed E-state index contributed by atoms with van der Waals surface area (Å²) in [6, 6.07) is 4.24. The van der Waals surface area contributed by atoms with Crippen LogP contribution in [0.1, 0.15) is 18.4 Å². The first-order chi connectivity index (χ1) is 9.24. The van der Waals surface area contributed by atoms with Gasteiger partial charge in [0.25, 0.3) is 0 Å². The van der Waals surface area contributed by atoms with Crippen LogP contribution in [0.2, 0.25) is 0 Å². The van der Waals surface area contributed by atoms with Crippen molar-refractivity contribution >= 4 is 22.2 Å². The van der Waals surface area contributed by atoms with E-state index in [0.29, 0.717) is 23.2 Å². The molecule has 1 atom stereocenters. The molecule has 1 aliphatic rings. The van der Waals surface area contributed by atoms with E-state index in [9.17, 15) is 4.79 Å². The largest absolute Gasteiger partial charge is 0.318 e. The van der Waals surface area contributed by atoms with Gasteiger partial charge < -0.3 is 10.6 Å². The monoisotopic (exact) mass is 278 g/mol. The van der Waals surface area contributed by atoms with Gasteiger partial charge >= 0.3 is 0 Å². The molecule has 102 valence electrons. The number of nitriles is 1. The Balaban J connectivity index is 1.89. The smallest absolute Gasteiger partial charge is 0.239 e. The summed E-state index contributed by atoms with van der Waals surface area (Å²) in [5, 5.41) is 17.4. The van der Waals surface area contributed by atoms with Gasteiger partial charge in [0.1, 0.15) is 11.1 Å². The maximum Gasteiger partial charge on any atom is 0.239 e. The van der Waals surface area contributed by atoms with Gasteiger partial charge in [0, 0.05) is 12.6 Å². The summed E-state index contributed by atoms with van der Waals surface area (Å²) in [6.07, 6.45) is 2.28. The first-order valence-electron chi connectivity index (χ1n) is 6.40. The molecule has 0 spiro atoms. The number of likely N-dealkylation sites (N-methyl/N-ethyl adjacent to an activating group) is 1. The van der Waals surface area contributed by atoms with E-state index in [1.165, 1.54) is 11.3 Å². The van der Waals surface area contributed by atoms with Crippen LogP contribution in [-0.2, 0) is 4.79 Å². The number of amides is 1. The molecule has 2 rings (SSSR count). The van der Waals surface area contributed by atoms with Crippen molar-refractivity contribution in [3.63, 3.8) is 0 Å². The van der Waals surface area contributed by atoms with E-state index >= 15 is 0 Å². The Morgan fingerprint density at radius 3 is 3.26 bits per heavy atom. The zero-order valence-corrected chi connectivity index (χ0v) is 11.8. The van der Waals surface area contributed by atoms with Gasteiger partial charge in [0.2, 0.25) is 5.91 Å². The minimum absolute atomic E-state index is 0.0399. The third kappa shape index (κ3) is 3.53. The van der Waals surface area contributed by atoms with Crippen LogP contribution in [0, 0.1) is 11.3 Å². The van der Waals surface area contributed by atoms with Crippen LogP contribution in [0.25, 0.3) is 0 Å². The number of rotatable bonds is 5. The number of carbonyl (C=O) groups is 1. The molecular weight excluding hydrogens is 260 g/mol. The number of carbonyl (C=O) groups excluding carboxylic acids is 1. The summed E-state index contributed by atoms with van der Waals surface area (Å²) in [5.41, 5.74) is 0.534. The van der Waals surface area contributed by atoms with Crippen molar-refractivity contribution in [3.05, 3.63) is 17.0 Å². The Hall–Kier alpha value is -1.42. The van der Waals surface area contributed by atoms with Crippen molar-refractivity contribution in [2.45, 2.75) is 18.9 Å². The normalized spacial score (nSPS) is 19.3. The first-order valence-corrected chi connectivity index (χ1v) is 7.28. The molecule has 1 fully saturated rings. The van der Waals surface area contributed by atoms with Gasteiger partial charge in [-0.3, -0.25) is 9.69 Å². The molecule has 2 N–H and O–H groups in total. The number of likely N-dealkylation sites (tertiary alicyclic amines) is 1. The zero-order chi connectivity index (χ0) is 13.7. The second kappa shape index (κ2) is 6.66. The molecule has 1 amide bonds. The SMILES string of the molecule is CNCC1CCCN1CC(=O)Nc1sccc1C#N. The minimum Gasteiger partial charge on any atom is -0.318 e. The van der Waals surface area contributed by atoms with E-state index in [4.69, 9.17) is 5.26 Å². The molecule has 6 heteroatoms. The van der Waals surface area contributed by atoms with Crippen molar-refractivity contribution in [2.75, 3.05) is 32.0 Å². The standard InChI is InChI=1S/C13H18N4OS/c1-15-8-11-3-2-5-17(11)9-12(18)16-13-10(7-14)4-6-19-13/h4,6,11,15H,2-3,5,8-9H2,1H3,(H,16,18). The molecule has 0 aromatic carbocycles. The highest BCUT2D eigenvalue weighted by Crippen LogP contribution is 2.22. The van der Waals surface area contributed by atoms with E-state index in [1.54, 1.807) is 6.07 Å². The van der Waals surface area contributed by atoms with Crippen LogP contribution in [0.3, 0.4) is 0 Å². The van der Waals surface area contributed by atoms with Gasteiger partial charge in [-0.15, -0.1) is 11.3 Å². The van der Waals surface area contributed by atoms with Crippen LogP contribution >= 0.6 is 11.3 Å². The highest BCUT2D eigenvalue weighted by Gasteiger charge is 2.25. The molecule has 5 nitrogen and oxygen atoms in total. The second-order valence-corrected chi connectivity index (χ2v) is 5.56. The molecule has 0 saturated carbocycles. The average molecular weight is 278 g/mol. The number of hydrogen-bond donors (Lipinski definition) is 2. The van der Waals surface area contributed by atoms with E-state index < -0.39 is 0 Å². The van der Waals surface area contributed by atoms with Gasteiger partial charge in [0.15, 0.2) is 0 Å². The predicted octanol–water partition coefficient (Wildman–Crippen LogP) is 1.24. The van der Waals surface area contributed by atoms with E-state index in [1.807, 2.05) is 12.4 Å². The van der Waals surface area contributed by atoms with E-state index in [-0.39, 0.29) is 5.91 Å². The summed E-state index contributed by atoms with van der Waals surface area (Å²) >= 11 is 1.39. The molecule has 1 saturated heterocycles. The number of nitrogens with one attached hydrogen (secondary N) is 2. The maximum atomic E-state index is 12.0. The average Bonchev–Trinajstić information content (AvgIpc) is 3.00. The Morgan fingerprint density at radius 2 is 2.53 bits per heavy atom. The summed E-state index contributed by atoms with van der Waals surface area (Å²) in [4.78, 5) is 14.2. The van der Waals surface area contributed by atoms with E-state index in [0.717, 1.165) is 25.9 Å². The van der Waals surface area contributed by atoms with Crippen LogP contribution in [0.4, 0.5) is 5.00 Å². The highest BCUT2D eigenvalue weighted by molar-refractivity contribution is 7.14. The Labute approximate surface area is 117 Å². The van der Waals surface area contributed by atoms with Crippen molar-refractivity contribution in [3.8, 4) is 6.07 Å². The third-order valence-electron chi connectivity index (χ3n) is 3.32. The molecule has 1 unspecified atom stereocenters. The van der Waals surface area contributed by atoms with Crippen LogP contribution in [0.5, 0.6) is 0 Å². The molecular formula is C13H18N4OS. The van der Waals surface area contributed by atoms with Crippen molar-refractivity contribution in [2.24, 2.45) is 0 Å². The second-order valence-electron chi connectivity index (χ2n) is 4.65. The van der Waals surface area contributed by atoms with Gasteiger partial charge in [-0.1, -0.05) is 0 Å². The van der Waals surface area contributed by atoms with Gasteiger partial charge in [-0.2, -0.15) is 5.26 Å². The fraction of sp³-hybridized carbons (Fsp3) is 0.538. The van der Waals surface area contributed by atoms with Crippen molar-refractivity contribution in [1.82, 2.24) is 10.2 Å². The summed E-state index contributed by atoms with van der Waals surface area (Å²) in [5.74, 6) is -0.0399. The number of thiophene rings is 1. The highest BCUT2D eigenvalue weighted by atomic mass is 32.1. The first kappa shape index (κ1) is 14.0. The van der Waals surface area contributed by atoms with Gasteiger partial charge in [0.05, 0.1) is 12.1 Å². The topological polar surface area (TPSA) is 68.2 Å². The lowest BCUT2D eigenvalue weighted by molar-refractivity contribution is -0.117. The quantitative estimate of drug-likeness (QED) is 0.850. The number of nitrogens with zero attached hydrogens (tertiary/aromatic N) is 2. The fourth-order valence-corrected chi connectivity index (χ4v) is 3.17. The number of hydrogen-bond acceptors (Lipinski definition) is 5. The minimum atomic E-state index is -0.0399. The summed E-state index contributed by atoms with van der Waals surface area (Å²) < 4.78 is 0. The molecule has 1 aliphatic heterocycles. The summed E-state index contributed by atoms with van der Waals surface area (Å²) in [7, 11) is 1.93. The lowest BCUT2D eigenvalue weighted by atomic mass is 10.2. The fourth-order valence-electron chi connectivity index (χ4n) is 2.41. The van der Waals surface area contributed by atoms with Gasteiger partial charge in [-0.25, -0.2) is 0 Å².